The molecule has 126 valence electrons. The Morgan fingerprint density at radius 1 is 1.08 bits per heavy atom. The number of imidazole rings is 1. The average molecular weight is 358 g/mol. The highest BCUT2D eigenvalue weighted by atomic mass is 32.2. The molecule has 2 aromatic heterocycles. The first kappa shape index (κ1) is 16.1. The van der Waals surface area contributed by atoms with Gasteiger partial charge >= 0.3 is 0 Å². The van der Waals surface area contributed by atoms with Gasteiger partial charge in [0.25, 0.3) is 0 Å². The number of nitrogens with one attached hydrogen (secondary N) is 2. The summed E-state index contributed by atoms with van der Waals surface area (Å²) >= 11 is 1.73. The summed E-state index contributed by atoms with van der Waals surface area (Å²) in [4.78, 5) is 17.0. The second-order valence-corrected chi connectivity index (χ2v) is 6.60. The van der Waals surface area contributed by atoms with Crippen molar-refractivity contribution in [3.05, 3.63) is 72.3 Å². The molecule has 4 rings (SSSR count). The van der Waals surface area contributed by atoms with E-state index in [4.69, 9.17) is 5.26 Å². The molecule has 26 heavy (non-hydrogen) atoms. The van der Waals surface area contributed by atoms with E-state index in [-0.39, 0.29) is 0 Å². The summed E-state index contributed by atoms with van der Waals surface area (Å²) in [6.45, 7) is 0. The predicted octanol–water partition coefficient (Wildman–Crippen LogP) is 4.26. The van der Waals surface area contributed by atoms with E-state index in [0.29, 0.717) is 11.5 Å². The third-order valence-corrected chi connectivity index (χ3v) is 4.86. The lowest BCUT2D eigenvalue weighted by molar-refractivity contribution is 1.15. The summed E-state index contributed by atoms with van der Waals surface area (Å²) in [5.74, 6) is 1.31. The van der Waals surface area contributed by atoms with Gasteiger partial charge in [0.15, 0.2) is 0 Å². The van der Waals surface area contributed by atoms with Gasteiger partial charge in [-0.1, -0.05) is 30.3 Å². The number of hydrogen-bond acceptors (Lipinski definition) is 6. The number of H-pyrrole nitrogens is 1. The zero-order valence-corrected chi connectivity index (χ0v) is 14.5. The van der Waals surface area contributed by atoms with Crippen molar-refractivity contribution in [1.29, 1.82) is 5.26 Å². The van der Waals surface area contributed by atoms with Crippen molar-refractivity contribution >= 4 is 34.4 Å². The molecule has 0 aliphatic carbocycles. The monoisotopic (exact) mass is 358 g/mol. The Hall–Kier alpha value is -3.37. The van der Waals surface area contributed by atoms with E-state index in [1.54, 1.807) is 18.1 Å². The molecule has 0 amide bonds. The number of aromatic nitrogens is 4. The molecule has 2 N–H and O–H groups in total. The minimum Gasteiger partial charge on any atom is -0.344 e. The molecule has 0 aliphatic heterocycles. The van der Waals surface area contributed by atoms with Crippen LogP contribution >= 0.6 is 11.8 Å². The fraction of sp³-hybridized carbons (Fsp3) is 0.0526. The highest BCUT2D eigenvalue weighted by Gasteiger charge is 2.09. The van der Waals surface area contributed by atoms with E-state index in [9.17, 15) is 0 Å². The molecule has 0 atom stereocenters. The van der Waals surface area contributed by atoms with Crippen molar-refractivity contribution < 1.29 is 0 Å². The van der Waals surface area contributed by atoms with Crippen molar-refractivity contribution in [1.82, 2.24) is 19.9 Å². The number of benzene rings is 2. The lowest BCUT2D eigenvalue weighted by atomic mass is 10.2. The molecule has 0 bridgehead atoms. The molecular formula is C19H14N6S. The van der Waals surface area contributed by atoms with Gasteiger partial charge in [-0.15, -0.1) is 11.8 Å². The summed E-state index contributed by atoms with van der Waals surface area (Å²) in [5, 5.41) is 12.0. The third kappa shape index (κ3) is 3.50. The van der Waals surface area contributed by atoms with Crippen LogP contribution in [0.2, 0.25) is 0 Å². The van der Waals surface area contributed by atoms with Gasteiger partial charge in [0.05, 0.1) is 29.8 Å². The molecule has 2 heterocycles. The van der Waals surface area contributed by atoms with E-state index in [1.165, 1.54) is 18.0 Å². The number of rotatable bonds is 5. The Kier molecular flexibility index (Phi) is 4.50. The van der Waals surface area contributed by atoms with Gasteiger partial charge in [-0.25, -0.2) is 15.0 Å². The smallest absolute Gasteiger partial charge is 0.227 e. The maximum Gasteiger partial charge on any atom is 0.227 e. The zero-order chi connectivity index (χ0) is 17.8. The van der Waals surface area contributed by atoms with E-state index >= 15 is 0 Å². The molecular weight excluding hydrogens is 344 g/mol. The van der Waals surface area contributed by atoms with Crippen LogP contribution in [0.4, 0.5) is 11.6 Å². The standard InChI is InChI=1S/C19H14N6S/c20-8-14-9-21-19(22-10-14)25-15-6-16-18(24-12-23-16)17(7-15)26-11-13-4-2-1-3-5-13/h1-7,9-10,12H,11H2,(H,23,24)(H,21,22,25). The predicted molar refractivity (Wildman–Crippen MR) is 102 cm³/mol. The molecule has 0 unspecified atom stereocenters. The van der Waals surface area contributed by atoms with Gasteiger partial charge in [-0.2, -0.15) is 5.26 Å². The first-order valence-corrected chi connectivity index (χ1v) is 8.93. The Labute approximate surface area is 154 Å². The summed E-state index contributed by atoms with van der Waals surface area (Å²) in [6.07, 6.45) is 4.68. The van der Waals surface area contributed by atoms with Crippen LogP contribution in [0.25, 0.3) is 11.0 Å². The topological polar surface area (TPSA) is 90.3 Å². The number of hydrogen-bond donors (Lipinski definition) is 2. The first-order chi connectivity index (χ1) is 12.8. The van der Waals surface area contributed by atoms with Crippen molar-refractivity contribution in [2.45, 2.75) is 10.6 Å². The molecule has 0 fully saturated rings. The molecule has 0 spiro atoms. The normalized spacial score (nSPS) is 10.6. The maximum atomic E-state index is 8.84. The fourth-order valence-electron chi connectivity index (χ4n) is 2.51. The van der Waals surface area contributed by atoms with Crippen LogP contribution in [-0.4, -0.2) is 19.9 Å². The first-order valence-electron chi connectivity index (χ1n) is 7.95. The van der Waals surface area contributed by atoms with Crippen molar-refractivity contribution in [3.63, 3.8) is 0 Å². The maximum absolute atomic E-state index is 8.84. The van der Waals surface area contributed by atoms with Crippen molar-refractivity contribution in [2.24, 2.45) is 0 Å². The number of nitriles is 1. The Balaban J connectivity index is 1.60. The summed E-state index contributed by atoms with van der Waals surface area (Å²) < 4.78 is 0. The fourth-order valence-corrected chi connectivity index (χ4v) is 3.54. The number of fused-ring (bicyclic) bond motifs is 1. The largest absolute Gasteiger partial charge is 0.344 e. The van der Waals surface area contributed by atoms with Gasteiger partial charge in [-0.05, 0) is 17.7 Å². The van der Waals surface area contributed by atoms with Crippen LogP contribution in [0.3, 0.4) is 0 Å². The molecule has 0 saturated carbocycles. The van der Waals surface area contributed by atoms with Crippen LogP contribution < -0.4 is 5.32 Å². The van der Waals surface area contributed by atoms with Gasteiger partial charge in [0, 0.05) is 16.3 Å². The molecule has 4 aromatic rings. The van der Waals surface area contributed by atoms with E-state index < -0.39 is 0 Å². The second-order valence-electron chi connectivity index (χ2n) is 5.58. The molecule has 0 saturated heterocycles. The quantitative estimate of drug-likeness (QED) is 0.518. The number of nitrogens with zero attached hydrogens (tertiary/aromatic N) is 4. The Bertz CT molecular complexity index is 1070. The summed E-state index contributed by atoms with van der Waals surface area (Å²) in [5.41, 5.74) is 4.44. The van der Waals surface area contributed by atoms with E-state index in [2.05, 4.69) is 37.4 Å². The highest BCUT2D eigenvalue weighted by Crippen LogP contribution is 2.32. The molecule has 0 aliphatic rings. The van der Waals surface area contributed by atoms with Gasteiger partial charge < -0.3 is 10.3 Å². The van der Waals surface area contributed by atoms with Crippen LogP contribution in [0.15, 0.2) is 66.1 Å². The van der Waals surface area contributed by atoms with Crippen LogP contribution in [0, 0.1) is 11.3 Å². The third-order valence-electron chi connectivity index (χ3n) is 3.76. The molecule has 0 radical (unpaired) electrons. The van der Waals surface area contributed by atoms with Crippen molar-refractivity contribution in [3.8, 4) is 6.07 Å². The van der Waals surface area contributed by atoms with Crippen LogP contribution in [-0.2, 0) is 5.75 Å². The molecule has 7 heteroatoms. The van der Waals surface area contributed by atoms with Crippen LogP contribution in [0.5, 0.6) is 0 Å². The van der Waals surface area contributed by atoms with E-state index in [0.717, 1.165) is 27.4 Å². The zero-order valence-electron chi connectivity index (χ0n) is 13.7. The van der Waals surface area contributed by atoms with Gasteiger partial charge in [-0.3, -0.25) is 0 Å². The SMILES string of the molecule is N#Cc1cnc(Nc2cc(SCc3ccccc3)c3nc[nH]c3c2)nc1. The Morgan fingerprint density at radius 3 is 2.65 bits per heavy atom. The lowest BCUT2D eigenvalue weighted by Crippen LogP contribution is -1.97. The number of thioether (sulfide) groups is 1. The number of anilines is 2. The Morgan fingerprint density at radius 2 is 1.88 bits per heavy atom. The van der Waals surface area contributed by atoms with E-state index in [1.807, 2.05) is 36.4 Å². The molecule has 2 aromatic carbocycles. The minimum atomic E-state index is 0.429. The summed E-state index contributed by atoms with van der Waals surface area (Å²) in [7, 11) is 0. The van der Waals surface area contributed by atoms with Crippen molar-refractivity contribution in [2.75, 3.05) is 5.32 Å². The molecule has 6 nitrogen and oxygen atoms in total. The average Bonchev–Trinajstić information content (AvgIpc) is 3.16. The van der Waals surface area contributed by atoms with Gasteiger partial charge in [0.1, 0.15) is 11.6 Å². The van der Waals surface area contributed by atoms with Crippen LogP contribution in [0.1, 0.15) is 11.1 Å². The van der Waals surface area contributed by atoms with Gasteiger partial charge in [0.2, 0.25) is 5.95 Å². The lowest BCUT2D eigenvalue weighted by Gasteiger charge is -2.08. The summed E-state index contributed by atoms with van der Waals surface area (Å²) in [6, 6.07) is 16.3. The second kappa shape index (κ2) is 7.25. The highest BCUT2D eigenvalue weighted by molar-refractivity contribution is 7.98. The minimum absolute atomic E-state index is 0.429. The number of aromatic amines is 1.